The Labute approximate surface area is 187 Å². The quantitative estimate of drug-likeness (QED) is 0.493. The highest BCUT2D eigenvalue weighted by Gasteiger charge is 2.37. The fraction of sp³-hybridized carbons (Fsp3) is 0.320. The molecule has 1 aliphatic heterocycles. The third-order valence-electron chi connectivity index (χ3n) is 6.28. The summed E-state index contributed by atoms with van der Waals surface area (Å²) >= 11 is 0. The van der Waals surface area contributed by atoms with Gasteiger partial charge in [0.1, 0.15) is 11.6 Å². The topological polar surface area (TPSA) is 73.6 Å². The lowest BCUT2D eigenvalue weighted by atomic mass is 9.73. The van der Waals surface area contributed by atoms with Crippen LogP contribution < -0.4 is 10.1 Å². The van der Waals surface area contributed by atoms with Crippen molar-refractivity contribution < 1.29 is 9.47 Å². The van der Waals surface area contributed by atoms with Gasteiger partial charge in [0.2, 0.25) is 0 Å². The fourth-order valence-corrected chi connectivity index (χ4v) is 4.45. The summed E-state index contributed by atoms with van der Waals surface area (Å²) in [4.78, 5) is 0. The molecule has 0 aliphatic carbocycles. The second kappa shape index (κ2) is 8.59. The van der Waals surface area contributed by atoms with Gasteiger partial charge in [0.05, 0.1) is 7.11 Å². The smallest absolute Gasteiger partial charge is 0.185 e. The van der Waals surface area contributed by atoms with E-state index in [1.165, 1.54) is 11.1 Å². The number of aromatic nitrogens is 4. The molecule has 3 heterocycles. The van der Waals surface area contributed by atoms with Crippen molar-refractivity contribution in [2.45, 2.75) is 25.2 Å². The lowest BCUT2D eigenvalue weighted by Gasteiger charge is -2.39. The number of hydrogen-bond acceptors (Lipinski definition) is 6. The molecule has 32 heavy (non-hydrogen) atoms. The standard InChI is InChI=1S/C25H27N5O2/c1-18-8-9-21(31-2)20(16-18)25(12-14-32-15-13-25)17-26-22-10-11-23-27-28-24(30(23)29-22)19-6-4-3-5-7-19/h3-11,16H,12-15,17H2,1-2H3,(H,26,29). The predicted octanol–water partition coefficient (Wildman–Crippen LogP) is 4.27. The van der Waals surface area contributed by atoms with Gasteiger partial charge in [-0.3, -0.25) is 0 Å². The molecule has 2 aromatic carbocycles. The van der Waals surface area contributed by atoms with Crippen LogP contribution in [0, 0.1) is 6.92 Å². The average molecular weight is 430 g/mol. The number of ether oxygens (including phenoxy) is 2. The molecule has 0 amide bonds. The average Bonchev–Trinajstić information content (AvgIpc) is 3.27. The van der Waals surface area contributed by atoms with E-state index >= 15 is 0 Å². The summed E-state index contributed by atoms with van der Waals surface area (Å²) in [5, 5.41) is 17.0. The van der Waals surface area contributed by atoms with Crippen LogP contribution in [0.15, 0.2) is 60.7 Å². The maximum atomic E-state index is 5.74. The number of anilines is 1. The number of nitrogens with one attached hydrogen (secondary N) is 1. The Balaban J connectivity index is 1.47. The van der Waals surface area contributed by atoms with E-state index in [1.54, 1.807) is 11.6 Å². The molecule has 1 N–H and O–H groups in total. The molecule has 164 valence electrons. The third-order valence-corrected chi connectivity index (χ3v) is 6.28. The van der Waals surface area contributed by atoms with Crippen LogP contribution in [0.3, 0.4) is 0 Å². The van der Waals surface area contributed by atoms with Gasteiger partial charge in [-0.05, 0) is 38.0 Å². The summed E-state index contributed by atoms with van der Waals surface area (Å²) in [7, 11) is 1.74. The van der Waals surface area contributed by atoms with Crippen LogP contribution in [-0.2, 0) is 10.2 Å². The monoisotopic (exact) mass is 429 g/mol. The Kier molecular flexibility index (Phi) is 5.49. The molecule has 5 rings (SSSR count). The maximum absolute atomic E-state index is 5.74. The van der Waals surface area contributed by atoms with Crippen molar-refractivity contribution in [2.75, 3.05) is 32.2 Å². The lowest BCUT2D eigenvalue weighted by molar-refractivity contribution is 0.0535. The Morgan fingerprint density at radius 2 is 1.84 bits per heavy atom. The zero-order chi connectivity index (χ0) is 22.0. The summed E-state index contributed by atoms with van der Waals surface area (Å²) in [6.07, 6.45) is 1.84. The van der Waals surface area contributed by atoms with Crippen molar-refractivity contribution in [3.05, 3.63) is 71.8 Å². The Bertz CT molecular complexity index is 1220. The number of hydrogen-bond donors (Lipinski definition) is 1. The first-order valence-corrected chi connectivity index (χ1v) is 10.9. The summed E-state index contributed by atoms with van der Waals surface area (Å²) in [6, 6.07) is 20.3. The van der Waals surface area contributed by atoms with Gasteiger partial charge in [-0.25, -0.2) is 0 Å². The Morgan fingerprint density at radius 1 is 1.03 bits per heavy atom. The van der Waals surface area contributed by atoms with Crippen molar-refractivity contribution in [1.82, 2.24) is 19.8 Å². The highest BCUT2D eigenvalue weighted by molar-refractivity contribution is 5.59. The van der Waals surface area contributed by atoms with E-state index in [2.05, 4.69) is 40.6 Å². The number of rotatable bonds is 6. The van der Waals surface area contributed by atoms with E-state index in [4.69, 9.17) is 14.6 Å². The molecule has 0 spiro atoms. The van der Waals surface area contributed by atoms with Crippen LogP contribution in [0.5, 0.6) is 5.75 Å². The lowest BCUT2D eigenvalue weighted by Crippen LogP contribution is -2.40. The molecular weight excluding hydrogens is 402 g/mol. The van der Waals surface area contributed by atoms with Gasteiger partial charge >= 0.3 is 0 Å². The molecule has 0 atom stereocenters. The summed E-state index contributed by atoms with van der Waals surface area (Å²) < 4.78 is 13.2. The number of nitrogens with zero attached hydrogens (tertiary/aromatic N) is 4. The van der Waals surface area contributed by atoms with E-state index in [0.717, 1.165) is 61.2 Å². The Morgan fingerprint density at radius 3 is 2.62 bits per heavy atom. The fourth-order valence-electron chi connectivity index (χ4n) is 4.45. The Hall–Kier alpha value is -3.45. The van der Waals surface area contributed by atoms with Crippen LogP contribution in [0.4, 0.5) is 5.82 Å². The van der Waals surface area contributed by atoms with Gasteiger partial charge in [0.25, 0.3) is 0 Å². The van der Waals surface area contributed by atoms with Crippen molar-refractivity contribution in [1.29, 1.82) is 0 Å². The maximum Gasteiger partial charge on any atom is 0.185 e. The van der Waals surface area contributed by atoms with E-state index in [-0.39, 0.29) is 5.41 Å². The van der Waals surface area contributed by atoms with E-state index in [9.17, 15) is 0 Å². The molecule has 7 nitrogen and oxygen atoms in total. The van der Waals surface area contributed by atoms with Crippen molar-refractivity contribution in [2.24, 2.45) is 0 Å². The van der Waals surface area contributed by atoms with Crippen LogP contribution in [0.1, 0.15) is 24.0 Å². The normalized spacial score (nSPS) is 15.6. The number of methoxy groups -OCH3 is 1. The first-order valence-electron chi connectivity index (χ1n) is 10.9. The molecule has 0 bridgehead atoms. The minimum absolute atomic E-state index is 0.0955. The van der Waals surface area contributed by atoms with E-state index in [0.29, 0.717) is 0 Å². The minimum Gasteiger partial charge on any atom is -0.496 e. The number of fused-ring (bicyclic) bond motifs is 1. The first kappa shape index (κ1) is 20.5. The van der Waals surface area contributed by atoms with Crippen molar-refractivity contribution >= 4 is 11.5 Å². The largest absolute Gasteiger partial charge is 0.496 e. The summed E-state index contributed by atoms with van der Waals surface area (Å²) in [5.74, 6) is 2.44. The van der Waals surface area contributed by atoms with Crippen molar-refractivity contribution in [3.8, 4) is 17.1 Å². The first-order chi connectivity index (χ1) is 15.7. The SMILES string of the molecule is COc1ccc(C)cc1C1(CNc2ccc3nnc(-c4ccccc4)n3n2)CCOCC1. The second-order valence-electron chi connectivity index (χ2n) is 8.33. The molecule has 1 aliphatic rings. The van der Waals surface area contributed by atoms with Gasteiger partial charge in [-0.15, -0.1) is 15.3 Å². The van der Waals surface area contributed by atoms with Gasteiger partial charge < -0.3 is 14.8 Å². The molecular formula is C25H27N5O2. The van der Waals surface area contributed by atoms with Crippen molar-refractivity contribution in [3.63, 3.8) is 0 Å². The molecule has 2 aromatic heterocycles. The zero-order valence-corrected chi connectivity index (χ0v) is 18.4. The highest BCUT2D eigenvalue weighted by Crippen LogP contribution is 2.40. The number of aryl methyl sites for hydroxylation is 1. The van der Waals surface area contributed by atoms with Crippen LogP contribution in [0.25, 0.3) is 17.0 Å². The molecule has 7 heteroatoms. The zero-order valence-electron chi connectivity index (χ0n) is 18.4. The third kappa shape index (κ3) is 3.80. The van der Waals surface area contributed by atoms with Crippen LogP contribution in [-0.4, -0.2) is 46.7 Å². The second-order valence-corrected chi connectivity index (χ2v) is 8.33. The molecule has 1 fully saturated rings. The molecule has 4 aromatic rings. The molecule has 0 saturated carbocycles. The van der Waals surface area contributed by atoms with E-state index in [1.807, 2.05) is 42.5 Å². The highest BCUT2D eigenvalue weighted by atomic mass is 16.5. The van der Waals surface area contributed by atoms with Gasteiger partial charge in [0.15, 0.2) is 11.5 Å². The molecule has 1 saturated heterocycles. The predicted molar refractivity (Wildman–Crippen MR) is 124 cm³/mol. The van der Waals surface area contributed by atoms with Gasteiger partial charge in [-0.2, -0.15) is 4.52 Å². The van der Waals surface area contributed by atoms with Crippen LogP contribution in [0.2, 0.25) is 0 Å². The van der Waals surface area contributed by atoms with E-state index < -0.39 is 0 Å². The molecule has 0 unspecified atom stereocenters. The minimum atomic E-state index is -0.0955. The van der Waals surface area contributed by atoms with Crippen LogP contribution >= 0.6 is 0 Å². The van der Waals surface area contributed by atoms with Gasteiger partial charge in [-0.1, -0.05) is 48.0 Å². The number of benzene rings is 2. The summed E-state index contributed by atoms with van der Waals surface area (Å²) in [5.41, 5.74) is 4.06. The molecule has 0 radical (unpaired) electrons. The van der Waals surface area contributed by atoms with Gasteiger partial charge in [0, 0.05) is 36.3 Å². The summed E-state index contributed by atoms with van der Waals surface area (Å²) in [6.45, 7) is 4.32.